The smallest absolute Gasteiger partial charge is 0.317 e. The van der Waals surface area contributed by atoms with Gasteiger partial charge >= 0.3 is 6.03 Å². The molecule has 2 N–H and O–H groups in total. The highest BCUT2D eigenvalue weighted by Crippen LogP contribution is 2.35. The Morgan fingerprint density at radius 3 is 2.94 bits per heavy atom. The summed E-state index contributed by atoms with van der Waals surface area (Å²) >= 11 is 0. The summed E-state index contributed by atoms with van der Waals surface area (Å²) in [7, 11) is 0. The second-order valence-corrected chi connectivity index (χ2v) is 5.89. The minimum atomic E-state index is 0.146. The molecule has 0 aliphatic carbocycles. The van der Waals surface area contributed by atoms with E-state index in [4.69, 9.17) is 0 Å². The lowest BCUT2D eigenvalue weighted by atomic mass is 9.74. The average Bonchev–Trinajstić information content (AvgIpc) is 2.40. The number of amides is 2. The first kappa shape index (κ1) is 13.7. The molecule has 2 saturated heterocycles. The van der Waals surface area contributed by atoms with Gasteiger partial charge < -0.3 is 15.5 Å². The molecular weight excluding hydrogens is 226 g/mol. The lowest BCUT2D eigenvalue weighted by Crippen LogP contribution is -2.54. The van der Waals surface area contributed by atoms with Gasteiger partial charge in [-0.25, -0.2) is 4.79 Å². The highest BCUT2D eigenvalue weighted by Gasteiger charge is 2.37. The predicted octanol–water partition coefficient (Wildman–Crippen LogP) is 1.96. The van der Waals surface area contributed by atoms with Gasteiger partial charge in [0, 0.05) is 31.6 Å². The van der Waals surface area contributed by atoms with Crippen LogP contribution in [0.2, 0.25) is 0 Å². The van der Waals surface area contributed by atoms with Crippen molar-refractivity contribution >= 4 is 6.03 Å². The third-order valence-electron chi connectivity index (χ3n) is 4.32. The Kier molecular flexibility index (Phi) is 4.87. The Balaban J connectivity index is 1.83. The van der Waals surface area contributed by atoms with E-state index >= 15 is 0 Å². The summed E-state index contributed by atoms with van der Waals surface area (Å²) in [6, 6.07) is 0.146. The zero-order valence-electron chi connectivity index (χ0n) is 11.6. The SMILES string of the molecule is CCCCNC(=O)N1CCCC2(CCCNC2)C1. The number of carbonyl (C=O) groups excluding carboxylic acids is 1. The van der Waals surface area contributed by atoms with Crippen LogP contribution in [0.1, 0.15) is 45.4 Å². The van der Waals surface area contributed by atoms with Crippen LogP contribution in [0.5, 0.6) is 0 Å². The largest absolute Gasteiger partial charge is 0.338 e. The molecule has 1 unspecified atom stereocenters. The highest BCUT2D eigenvalue weighted by molar-refractivity contribution is 5.74. The number of carbonyl (C=O) groups is 1. The molecule has 4 nitrogen and oxygen atoms in total. The molecule has 0 aromatic heterocycles. The maximum atomic E-state index is 12.1. The molecule has 0 radical (unpaired) electrons. The van der Waals surface area contributed by atoms with E-state index in [1.165, 1.54) is 19.3 Å². The number of likely N-dealkylation sites (tertiary alicyclic amines) is 1. The average molecular weight is 253 g/mol. The van der Waals surface area contributed by atoms with E-state index in [9.17, 15) is 4.79 Å². The molecule has 1 atom stereocenters. The fraction of sp³-hybridized carbons (Fsp3) is 0.929. The van der Waals surface area contributed by atoms with Crippen LogP contribution >= 0.6 is 0 Å². The van der Waals surface area contributed by atoms with E-state index in [2.05, 4.69) is 17.6 Å². The van der Waals surface area contributed by atoms with Crippen LogP contribution < -0.4 is 10.6 Å². The Morgan fingerprint density at radius 2 is 2.22 bits per heavy atom. The number of urea groups is 1. The second kappa shape index (κ2) is 6.41. The second-order valence-electron chi connectivity index (χ2n) is 5.89. The van der Waals surface area contributed by atoms with Gasteiger partial charge in [0.1, 0.15) is 0 Å². The monoisotopic (exact) mass is 253 g/mol. The van der Waals surface area contributed by atoms with Crippen LogP contribution in [0, 0.1) is 5.41 Å². The molecule has 0 aromatic rings. The molecule has 0 aromatic carbocycles. The van der Waals surface area contributed by atoms with Crippen molar-refractivity contribution in [2.45, 2.75) is 45.4 Å². The summed E-state index contributed by atoms with van der Waals surface area (Å²) in [4.78, 5) is 14.1. The first-order chi connectivity index (χ1) is 8.76. The van der Waals surface area contributed by atoms with Gasteiger partial charge in [0.15, 0.2) is 0 Å². The minimum Gasteiger partial charge on any atom is -0.338 e. The molecular formula is C14H27N3O. The van der Waals surface area contributed by atoms with Gasteiger partial charge in [-0.2, -0.15) is 0 Å². The van der Waals surface area contributed by atoms with E-state index in [1.54, 1.807) is 0 Å². The fourth-order valence-electron chi connectivity index (χ4n) is 3.24. The zero-order chi connectivity index (χ0) is 12.8. The van der Waals surface area contributed by atoms with Crippen molar-refractivity contribution in [3.05, 3.63) is 0 Å². The number of piperidine rings is 2. The number of hydrogen-bond acceptors (Lipinski definition) is 2. The Hall–Kier alpha value is -0.770. The standard InChI is InChI=1S/C14H27N3O/c1-2-3-9-16-13(18)17-10-5-7-14(12-17)6-4-8-15-11-14/h15H,2-12H2,1H3,(H,16,18). The van der Waals surface area contributed by atoms with Crippen molar-refractivity contribution < 1.29 is 4.79 Å². The van der Waals surface area contributed by atoms with Crippen molar-refractivity contribution in [2.75, 3.05) is 32.7 Å². The molecule has 2 rings (SSSR count). The lowest BCUT2D eigenvalue weighted by molar-refractivity contribution is 0.0814. The minimum absolute atomic E-state index is 0.146. The Morgan fingerprint density at radius 1 is 1.39 bits per heavy atom. The van der Waals surface area contributed by atoms with Crippen molar-refractivity contribution in [3.63, 3.8) is 0 Å². The molecule has 2 aliphatic rings. The van der Waals surface area contributed by atoms with Gasteiger partial charge in [-0.1, -0.05) is 13.3 Å². The molecule has 2 amide bonds. The predicted molar refractivity (Wildman–Crippen MR) is 73.7 cm³/mol. The maximum Gasteiger partial charge on any atom is 0.317 e. The van der Waals surface area contributed by atoms with Crippen LogP contribution in [0.15, 0.2) is 0 Å². The quantitative estimate of drug-likeness (QED) is 0.755. The van der Waals surface area contributed by atoms with E-state index in [-0.39, 0.29) is 6.03 Å². The first-order valence-electron chi connectivity index (χ1n) is 7.49. The number of hydrogen-bond donors (Lipinski definition) is 2. The summed E-state index contributed by atoms with van der Waals surface area (Å²) in [6.07, 6.45) is 7.17. The van der Waals surface area contributed by atoms with Gasteiger partial charge in [0.05, 0.1) is 0 Å². The van der Waals surface area contributed by atoms with Gasteiger partial charge in [-0.3, -0.25) is 0 Å². The molecule has 18 heavy (non-hydrogen) atoms. The van der Waals surface area contributed by atoms with Crippen LogP contribution in [0.25, 0.3) is 0 Å². The number of unbranched alkanes of at least 4 members (excludes halogenated alkanes) is 1. The molecule has 1 spiro atoms. The summed E-state index contributed by atoms with van der Waals surface area (Å²) in [5, 5.41) is 6.54. The highest BCUT2D eigenvalue weighted by atomic mass is 16.2. The van der Waals surface area contributed by atoms with E-state index in [1.807, 2.05) is 4.90 Å². The van der Waals surface area contributed by atoms with Gasteiger partial charge in [0.2, 0.25) is 0 Å². The molecule has 0 bridgehead atoms. The van der Waals surface area contributed by atoms with Crippen LogP contribution in [0.3, 0.4) is 0 Å². The number of nitrogens with zero attached hydrogens (tertiary/aromatic N) is 1. The normalized spacial score (nSPS) is 28.4. The van der Waals surface area contributed by atoms with Gasteiger partial charge in [0.25, 0.3) is 0 Å². The summed E-state index contributed by atoms with van der Waals surface area (Å²) < 4.78 is 0. The summed E-state index contributed by atoms with van der Waals surface area (Å²) in [6.45, 7) is 7.07. The van der Waals surface area contributed by atoms with Crippen molar-refractivity contribution in [2.24, 2.45) is 5.41 Å². The van der Waals surface area contributed by atoms with Crippen LogP contribution in [-0.2, 0) is 0 Å². The van der Waals surface area contributed by atoms with E-state index < -0.39 is 0 Å². The molecule has 2 fully saturated rings. The Bertz CT molecular complexity index is 269. The molecule has 2 heterocycles. The van der Waals surface area contributed by atoms with Gasteiger partial charge in [-0.05, 0) is 38.6 Å². The molecule has 104 valence electrons. The summed E-state index contributed by atoms with van der Waals surface area (Å²) in [5.74, 6) is 0. The van der Waals surface area contributed by atoms with E-state index in [0.29, 0.717) is 5.41 Å². The molecule has 4 heteroatoms. The number of rotatable bonds is 3. The van der Waals surface area contributed by atoms with E-state index in [0.717, 1.165) is 52.0 Å². The van der Waals surface area contributed by atoms with Crippen molar-refractivity contribution in [1.29, 1.82) is 0 Å². The molecule has 0 saturated carbocycles. The van der Waals surface area contributed by atoms with Gasteiger partial charge in [-0.15, -0.1) is 0 Å². The summed E-state index contributed by atoms with van der Waals surface area (Å²) in [5.41, 5.74) is 0.360. The van der Waals surface area contributed by atoms with Crippen molar-refractivity contribution in [1.82, 2.24) is 15.5 Å². The number of nitrogens with one attached hydrogen (secondary N) is 2. The maximum absolute atomic E-state index is 12.1. The molecule has 2 aliphatic heterocycles. The third-order valence-corrected chi connectivity index (χ3v) is 4.32. The first-order valence-corrected chi connectivity index (χ1v) is 7.49. The van der Waals surface area contributed by atoms with Crippen LogP contribution in [0.4, 0.5) is 4.79 Å². The fourth-order valence-corrected chi connectivity index (χ4v) is 3.24. The Labute approximate surface area is 110 Å². The third kappa shape index (κ3) is 3.37. The van der Waals surface area contributed by atoms with Crippen molar-refractivity contribution in [3.8, 4) is 0 Å². The van der Waals surface area contributed by atoms with Crippen LogP contribution in [-0.4, -0.2) is 43.7 Å². The zero-order valence-corrected chi connectivity index (χ0v) is 11.6. The topological polar surface area (TPSA) is 44.4 Å². The lowest BCUT2D eigenvalue weighted by Gasteiger charge is -2.45.